The first kappa shape index (κ1) is 13.0. The van der Waals surface area contributed by atoms with E-state index in [1.165, 1.54) is 0 Å². The van der Waals surface area contributed by atoms with Gasteiger partial charge in [-0.1, -0.05) is 11.6 Å². The molecule has 1 aliphatic rings. The fourth-order valence-electron chi connectivity index (χ4n) is 2.30. The Kier molecular flexibility index (Phi) is 3.66. The molecule has 2 N–H and O–H groups in total. The highest BCUT2D eigenvalue weighted by Gasteiger charge is 2.20. The molecule has 0 radical (unpaired) electrons. The van der Waals surface area contributed by atoms with Crippen LogP contribution in [-0.2, 0) is 4.79 Å². The Balaban J connectivity index is 2.15. The number of halogens is 1. The van der Waals surface area contributed by atoms with E-state index in [4.69, 9.17) is 17.3 Å². The van der Waals surface area contributed by atoms with Crippen LogP contribution in [0.2, 0.25) is 5.02 Å². The zero-order valence-corrected chi connectivity index (χ0v) is 11.5. The highest BCUT2D eigenvalue weighted by atomic mass is 35.5. The van der Waals surface area contributed by atoms with Crippen molar-refractivity contribution in [2.24, 2.45) is 0 Å². The van der Waals surface area contributed by atoms with Crippen molar-refractivity contribution in [3.8, 4) is 0 Å². The molecule has 0 bridgehead atoms. The zero-order chi connectivity index (χ0) is 13.3. The minimum absolute atomic E-state index is 0.140. The van der Waals surface area contributed by atoms with Gasteiger partial charge in [-0.25, -0.2) is 0 Å². The van der Waals surface area contributed by atoms with Gasteiger partial charge >= 0.3 is 0 Å². The quantitative estimate of drug-likeness (QED) is 0.791. The SMILES string of the molecule is CC(=O)N1CCN(c2cc(Cl)c(N)cc2C)CC1. The highest BCUT2D eigenvalue weighted by molar-refractivity contribution is 6.33. The number of hydrogen-bond acceptors (Lipinski definition) is 3. The average molecular weight is 268 g/mol. The molecular formula is C13H18ClN3O. The molecule has 0 unspecified atom stereocenters. The van der Waals surface area contributed by atoms with Gasteiger partial charge in [0.2, 0.25) is 5.91 Å². The van der Waals surface area contributed by atoms with Crippen LogP contribution in [0.4, 0.5) is 11.4 Å². The van der Waals surface area contributed by atoms with Crippen LogP contribution in [0.5, 0.6) is 0 Å². The fourth-order valence-corrected chi connectivity index (χ4v) is 2.45. The number of benzene rings is 1. The van der Waals surface area contributed by atoms with Crippen LogP contribution in [0.3, 0.4) is 0 Å². The van der Waals surface area contributed by atoms with E-state index >= 15 is 0 Å². The van der Waals surface area contributed by atoms with Crippen molar-refractivity contribution in [3.63, 3.8) is 0 Å². The molecular weight excluding hydrogens is 250 g/mol. The molecule has 1 heterocycles. The van der Waals surface area contributed by atoms with Gasteiger partial charge < -0.3 is 15.5 Å². The largest absolute Gasteiger partial charge is 0.398 e. The number of hydrogen-bond donors (Lipinski definition) is 1. The number of amides is 1. The Morgan fingerprint density at radius 3 is 2.44 bits per heavy atom. The number of aryl methyl sites for hydroxylation is 1. The normalized spacial score (nSPS) is 15.9. The molecule has 0 atom stereocenters. The van der Waals surface area contributed by atoms with E-state index in [0.29, 0.717) is 10.7 Å². The Bertz CT molecular complexity index is 468. The second-order valence-electron chi connectivity index (χ2n) is 4.65. The second kappa shape index (κ2) is 5.06. The maximum absolute atomic E-state index is 11.3. The van der Waals surface area contributed by atoms with E-state index in [1.54, 1.807) is 6.92 Å². The summed E-state index contributed by atoms with van der Waals surface area (Å²) in [6.45, 7) is 6.83. The summed E-state index contributed by atoms with van der Waals surface area (Å²) in [5.41, 5.74) is 8.62. The van der Waals surface area contributed by atoms with Crippen molar-refractivity contribution in [1.82, 2.24) is 4.90 Å². The second-order valence-corrected chi connectivity index (χ2v) is 5.06. The van der Waals surface area contributed by atoms with E-state index < -0.39 is 0 Å². The Morgan fingerprint density at radius 2 is 1.89 bits per heavy atom. The van der Waals surface area contributed by atoms with Crippen molar-refractivity contribution >= 4 is 28.9 Å². The number of carbonyl (C=O) groups excluding carboxylic acids is 1. The molecule has 1 fully saturated rings. The first-order valence-electron chi connectivity index (χ1n) is 6.05. The number of nitrogens with two attached hydrogens (primary N) is 1. The molecule has 98 valence electrons. The number of rotatable bonds is 1. The molecule has 4 nitrogen and oxygen atoms in total. The summed E-state index contributed by atoms with van der Waals surface area (Å²) in [4.78, 5) is 15.4. The third kappa shape index (κ3) is 2.53. The van der Waals surface area contributed by atoms with Crippen LogP contribution < -0.4 is 10.6 Å². The molecule has 1 amide bonds. The van der Waals surface area contributed by atoms with Crippen LogP contribution >= 0.6 is 11.6 Å². The molecule has 0 aliphatic carbocycles. The lowest BCUT2D eigenvalue weighted by atomic mass is 10.1. The molecule has 1 aromatic carbocycles. The van der Waals surface area contributed by atoms with Gasteiger partial charge in [0.1, 0.15) is 0 Å². The number of nitrogens with zero attached hydrogens (tertiary/aromatic N) is 2. The summed E-state index contributed by atoms with van der Waals surface area (Å²) < 4.78 is 0. The summed E-state index contributed by atoms with van der Waals surface area (Å²) in [5.74, 6) is 0.140. The summed E-state index contributed by atoms with van der Waals surface area (Å²) >= 11 is 6.07. The van der Waals surface area contributed by atoms with Crippen molar-refractivity contribution in [3.05, 3.63) is 22.7 Å². The van der Waals surface area contributed by atoms with Gasteiger partial charge in [0.15, 0.2) is 0 Å². The van der Waals surface area contributed by atoms with Gasteiger partial charge in [0, 0.05) is 38.8 Å². The monoisotopic (exact) mass is 267 g/mol. The Morgan fingerprint density at radius 1 is 1.28 bits per heavy atom. The fraction of sp³-hybridized carbons (Fsp3) is 0.462. The number of anilines is 2. The van der Waals surface area contributed by atoms with Gasteiger partial charge in [-0.05, 0) is 24.6 Å². The van der Waals surface area contributed by atoms with Gasteiger partial charge in [-0.3, -0.25) is 4.79 Å². The summed E-state index contributed by atoms with van der Waals surface area (Å²) in [6, 6.07) is 3.81. The van der Waals surface area contributed by atoms with Crippen LogP contribution in [0.1, 0.15) is 12.5 Å². The first-order chi connectivity index (χ1) is 8.49. The maximum Gasteiger partial charge on any atom is 0.219 e. The molecule has 1 saturated heterocycles. The van der Waals surface area contributed by atoms with Crippen LogP contribution in [-0.4, -0.2) is 37.0 Å². The molecule has 5 heteroatoms. The number of nitrogen functional groups attached to an aromatic ring is 1. The van der Waals surface area contributed by atoms with Crippen molar-refractivity contribution in [2.75, 3.05) is 36.8 Å². The maximum atomic E-state index is 11.3. The predicted molar refractivity (Wildman–Crippen MR) is 75.1 cm³/mol. The van der Waals surface area contributed by atoms with Crippen LogP contribution in [0.25, 0.3) is 0 Å². The smallest absolute Gasteiger partial charge is 0.219 e. The Hall–Kier alpha value is -1.42. The van der Waals surface area contributed by atoms with E-state index in [-0.39, 0.29) is 5.91 Å². The van der Waals surface area contributed by atoms with E-state index in [9.17, 15) is 4.79 Å². The Labute approximate surface area is 112 Å². The number of piperazine rings is 1. The van der Waals surface area contributed by atoms with Crippen LogP contribution in [0, 0.1) is 6.92 Å². The van der Waals surface area contributed by atoms with Crippen molar-refractivity contribution in [1.29, 1.82) is 0 Å². The van der Waals surface area contributed by atoms with Crippen molar-refractivity contribution in [2.45, 2.75) is 13.8 Å². The third-order valence-corrected chi connectivity index (χ3v) is 3.71. The van der Waals surface area contributed by atoms with E-state index in [2.05, 4.69) is 4.90 Å². The van der Waals surface area contributed by atoms with E-state index in [1.807, 2.05) is 24.0 Å². The van der Waals surface area contributed by atoms with Gasteiger partial charge in [0.25, 0.3) is 0 Å². The zero-order valence-electron chi connectivity index (χ0n) is 10.7. The third-order valence-electron chi connectivity index (χ3n) is 3.38. The molecule has 0 saturated carbocycles. The van der Waals surface area contributed by atoms with Gasteiger partial charge in [0.05, 0.1) is 10.7 Å². The predicted octanol–water partition coefficient (Wildman–Crippen LogP) is 1.90. The number of carbonyl (C=O) groups is 1. The molecule has 1 aromatic rings. The molecule has 2 rings (SSSR count). The van der Waals surface area contributed by atoms with Gasteiger partial charge in [-0.15, -0.1) is 0 Å². The topological polar surface area (TPSA) is 49.6 Å². The average Bonchev–Trinajstić information content (AvgIpc) is 2.34. The lowest BCUT2D eigenvalue weighted by Gasteiger charge is -2.36. The molecule has 1 aliphatic heterocycles. The lowest BCUT2D eigenvalue weighted by Crippen LogP contribution is -2.48. The molecule has 18 heavy (non-hydrogen) atoms. The summed E-state index contributed by atoms with van der Waals surface area (Å²) in [5, 5.41) is 0.588. The standard InChI is InChI=1S/C13H18ClN3O/c1-9-7-12(15)11(14)8-13(9)17-5-3-16(4-6-17)10(2)18/h7-8H,3-6,15H2,1-2H3. The minimum Gasteiger partial charge on any atom is -0.398 e. The first-order valence-corrected chi connectivity index (χ1v) is 6.43. The van der Waals surface area contributed by atoms with Gasteiger partial charge in [-0.2, -0.15) is 0 Å². The highest BCUT2D eigenvalue weighted by Crippen LogP contribution is 2.29. The summed E-state index contributed by atoms with van der Waals surface area (Å²) in [6.07, 6.45) is 0. The molecule has 0 spiro atoms. The lowest BCUT2D eigenvalue weighted by molar-refractivity contribution is -0.129. The minimum atomic E-state index is 0.140. The summed E-state index contributed by atoms with van der Waals surface area (Å²) in [7, 11) is 0. The van der Waals surface area contributed by atoms with Crippen LogP contribution in [0.15, 0.2) is 12.1 Å². The van der Waals surface area contributed by atoms with Crippen molar-refractivity contribution < 1.29 is 4.79 Å². The molecule has 0 aromatic heterocycles. The van der Waals surface area contributed by atoms with E-state index in [0.717, 1.165) is 37.4 Å².